The van der Waals surface area contributed by atoms with Gasteiger partial charge >= 0.3 is 0 Å². The quantitative estimate of drug-likeness (QED) is 0.871. The number of carbonyl (C=O) groups is 2. The van der Waals surface area contributed by atoms with Crippen LogP contribution in [-0.4, -0.2) is 28.8 Å². The maximum Gasteiger partial charge on any atom is 0.252 e. The van der Waals surface area contributed by atoms with Gasteiger partial charge in [-0.25, -0.2) is 4.39 Å². The van der Waals surface area contributed by atoms with Crippen LogP contribution in [0.2, 0.25) is 0 Å². The summed E-state index contributed by atoms with van der Waals surface area (Å²) in [6.07, 6.45) is 4.11. The lowest BCUT2D eigenvalue weighted by atomic mass is 10.2. The molecule has 0 bridgehead atoms. The van der Waals surface area contributed by atoms with Crippen molar-refractivity contribution in [1.82, 2.24) is 4.90 Å². The monoisotopic (exact) mass is 290 g/mol. The van der Waals surface area contributed by atoms with Crippen molar-refractivity contribution < 1.29 is 14.0 Å². The van der Waals surface area contributed by atoms with Crippen molar-refractivity contribution in [3.05, 3.63) is 29.6 Å². The van der Waals surface area contributed by atoms with Crippen molar-refractivity contribution in [2.45, 2.75) is 51.1 Å². The highest BCUT2D eigenvalue weighted by molar-refractivity contribution is 6.07. The summed E-state index contributed by atoms with van der Waals surface area (Å²) in [4.78, 5) is 26.0. The van der Waals surface area contributed by atoms with Crippen LogP contribution in [0.15, 0.2) is 18.2 Å². The number of likely N-dealkylation sites (tertiary alicyclic amines) is 1. The van der Waals surface area contributed by atoms with Gasteiger partial charge in [-0.3, -0.25) is 14.5 Å². The fourth-order valence-electron chi connectivity index (χ4n) is 3.33. The summed E-state index contributed by atoms with van der Waals surface area (Å²) in [6.45, 7) is 1.79. The van der Waals surface area contributed by atoms with Crippen LogP contribution in [0.5, 0.6) is 0 Å². The van der Waals surface area contributed by atoms with Crippen LogP contribution in [0.3, 0.4) is 0 Å². The largest absolute Gasteiger partial charge is 0.373 e. The van der Waals surface area contributed by atoms with Crippen molar-refractivity contribution in [1.29, 1.82) is 0 Å². The first-order chi connectivity index (χ1) is 10.0. The van der Waals surface area contributed by atoms with E-state index in [9.17, 15) is 14.0 Å². The molecule has 3 rings (SSSR count). The van der Waals surface area contributed by atoms with E-state index in [0.29, 0.717) is 5.69 Å². The standard InChI is InChI=1S/C16H19FN2O2/c1-10-6-11(17)8-12(7-10)18-14-9-15(20)19(16(14)21)13-4-2-3-5-13/h6-8,13-14,18H,2-5,9H2,1H3. The smallest absolute Gasteiger partial charge is 0.252 e. The number of hydrogen-bond acceptors (Lipinski definition) is 3. The maximum atomic E-state index is 13.4. The molecule has 1 aliphatic carbocycles. The third-order valence-electron chi connectivity index (χ3n) is 4.26. The molecule has 1 unspecified atom stereocenters. The SMILES string of the molecule is Cc1cc(F)cc(NC2CC(=O)N(C3CCCC3)C2=O)c1. The molecule has 0 aromatic heterocycles. The lowest BCUT2D eigenvalue weighted by Crippen LogP contribution is -2.40. The molecule has 1 N–H and O–H groups in total. The summed E-state index contributed by atoms with van der Waals surface area (Å²) < 4.78 is 13.4. The van der Waals surface area contributed by atoms with E-state index in [1.165, 1.54) is 17.0 Å². The minimum atomic E-state index is -0.570. The second-order valence-electron chi connectivity index (χ2n) is 5.96. The van der Waals surface area contributed by atoms with Crippen molar-refractivity contribution >= 4 is 17.5 Å². The van der Waals surface area contributed by atoms with Gasteiger partial charge in [-0.2, -0.15) is 0 Å². The second kappa shape index (κ2) is 5.47. The maximum absolute atomic E-state index is 13.4. The number of rotatable bonds is 3. The second-order valence-corrected chi connectivity index (χ2v) is 5.96. The molecule has 112 valence electrons. The zero-order valence-corrected chi connectivity index (χ0v) is 12.1. The van der Waals surface area contributed by atoms with Crippen molar-refractivity contribution in [3.63, 3.8) is 0 Å². The Hall–Kier alpha value is -1.91. The normalized spacial score (nSPS) is 23.1. The predicted octanol–water partition coefficient (Wildman–Crippen LogP) is 2.62. The number of nitrogens with zero attached hydrogens (tertiary/aromatic N) is 1. The zero-order valence-electron chi connectivity index (χ0n) is 12.1. The molecule has 0 radical (unpaired) electrons. The minimum Gasteiger partial charge on any atom is -0.373 e. The Morgan fingerprint density at radius 3 is 2.57 bits per heavy atom. The first kappa shape index (κ1) is 14.0. The van der Waals surface area contributed by atoms with Crippen LogP contribution in [0.4, 0.5) is 10.1 Å². The van der Waals surface area contributed by atoms with E-state index in [1.807, 2.05) is 0 Å². The number of halogens is 1. The Balaban J connectivity index is 1.74. The molecule has 1 aromatic carbocycles. The molecule has 2 amide bonds. The molecule has 5 heteroatoms. The highest BCUT2D eigenvalue weighted by atomic mass is 19.1. The van der Waals surface area contributed by atoms with Crippen molar-refractivity contribution in [2.75, 3.05) is 5.32 Å². The Labute approximate surface area is 123 Å². The number of amides is 2. The van der Waals surface area contributed by atoms with E-state index < -0.39 is 6.04 Å². The number of benzene rings is 1. The Morgan fingerprint density at radius 1 is 1.19 bits per heavy atom. The molecule has 4 nitrogen and oxygen atoms in total. The Morgan fingerprint density at radius 2 is 1.90 bits per heavy atom. The third-order valence-corrected chi connectivity index (χ3v) is 4.26. The first-order valence-electron chi connectivity index (χ1n) is 7.44. The summed E-state index contributed by atoms with van der Waals surface area (Å²) in [5, 5.41) is 3.00. The van der Waals surface area contributed by atoms with Gasteiger partial charge in [0.2, 0.25) is 5.91 Å². The Bertz CT molecular complexity index is 561. The fourth-order valence-corrected chi connectivity index (χ4v) is 3.33. The van der Waals surface area contributed by atoms with Crippen LogP contribution < -0.4 is 5.32 Å². The summed E-state index contributed by atoms with van der Waals surface area (Å²) in [6, 6.07) is 4.05. The molecule has 0 spiro atoms. The summed E-state index contributed by atoms with van der Waals surface area (Å²) in [7, 11) is 0. The van der Waals surface area contributed by atoms with Crippen LogP contribution in [0.1, 0.15) is 37.7 Å². The van der Waals surface area contributed by atoms with E-state index in [2.05, 4.69) is 5.32 Å². The third kappa shape index (κ3) is 2.77. The minimum absolute atomic E-state index is 0.0612. The predicted molar refractivity (Wildman–Crippen MR) is 77.3 cm³/mol. The summed E-state index contributed by atoms with van der Waals surface area (Å²) in [5.74, 6) is -0.631. The van der Waals surface area contributed by atoms with E-state index in [4.69, 9.17) is 0 Å². The van der Waals surface area contributed by atoms with Crippen LogP contribution >= 0.6 is 0 Å². The molecule has 21 heavy (non-hydrogen) atoms. The molecule has 1 aliphatic heterocycles. The topological polar surface area (TPSA) is 49.4 Å². The summed E-state index contributed by atoms with van der Waals surface area (Å²) >= 11 is 0. The van der Waals surface area contributed by atoms with Gasteiger partial charge in [-0.1, -0.05) is 12.8 Å². The molecule has 1 aromatic rings. The number of anilines is 1. The van der Waals surface area contributed by atoms with Gasteiger partial charge in [-0.15, -0.1) is 0 Å². The molecule has 1 heterocycles. The van der Waals surface area contributed by atoms with E-state index in [-0.39, 0.29) is 30.1 Å². The highest BCUT2D eigenvalue weighted by Gasteiger charge is 2.42. The molecule has 1 atom stereocenters. The van der Waals surface area contributed by atoms with Gasteiger partial charge in [0.25, 0.3) is 5.91 Å². The average Bonchev–Trinajstić information content (AvgIpc) is 2.98. The van der Waals surface area contributed by atoms with Gasteiger partial charge in [0, 0.05) is 11.7 Å². The lowest BCUT2D eigenvalue weighted by Gasteiger charge is -2.22. The number of aryl methyl sites for hydroxylation is 1. The molecule has 2 fully saturated rings. The number of imide groups is 1. The number of carbonyl (C=O) groups excluding carboxylic acids is 2. The average molecular weight is 290 g/mol. The van der Waals surface area contributed by atoms with E-state index in [0.717, 1.165) is 31.2 Å². The molecule has 1 saturated carbocycles. The van der Waals surface area contributed by atoms with Crippen molar-refractivity contribution in [2.24, 2.45) is 0 Å². The van der Waals surface area contributed by atoms with Gasteiger partial charge in [0.15, 0.2) is 0 Å². The van der Waals surface area contributed by atoms with Crippen LogP contribution in [0, 0.1) is 12.7 Å². The van der Waals surface area contributed by atoms with Gasteiger partial charge in [-0.05, 0) is 43.5 Å². The van der Waals surface area contributed by atoms with E-state index >= 15 is 0 Å². The fraction of sp³-hybridized carbons (Fsp3) is 0.500. The Kier molecular flexibility index (Phi) is 3.66. The van der Waals surface area contributed by atoms with Crippen LogP contribution in [-0.2, 0) is 9.59 Å². The zero-order chi connectivity index (χ0) is 15.0. The lowest BCUT2D eigenvalue weighted by molar-refractivity contribution is -0.141. The number of hydrogen-bond donors (Lipinski definition) is 1. The molecular weight excluding hydrogens is 271 g/mol. The molecular formula is C16H19FN2O2. The van der Waals surface area contributed by atoms with Gasteiger partial charge in [0.1, 0.15) is 11.9 Å². The molecule has 1 saturated heterocycles. The van der Waals surface area contributed by atoms with Crippen LogP contribution in [0.25, 0.3) is 0 Å². The van der Waals surface area contributed by atoms with E-state index in [1.54, 1.807) is 13.0 Å². The summed E-state index contributed by atoms with van der Waals surface area (Å²) in [5.41, 5.74) is 1.33. The van der Waals surface area contributed by atoms with Crippen molar-refractivity contribution in [3.8, 4) is 0 Å². The van der Waals surface area contributed by atoms with Gasteiger partial charge in [0.05, 0.1) is 6.42 Å². The first-order valence-corrected chi connectivity index (χ1v) is 7.44. The molecule has 2 aliphatic rings. The number of nitrogens with one attached hydrogen (secondary N) is 1. The van der Waals surface area contributed by atoms with Gasteiger partial charge < -0.3 is 5.32 Å². The highest BCUT2D eigenvalue weighted by Crippen LogP contribution is 2.29.